The average Bonchev–Trinajstić information content (AvgIpc) is 2.91. The smallest absolute Gasteiger partial charge is 0.382 e. The summed E-state index contributed by atoms with van der Waals surface area (Å²) >= 11 is 0. The van der Waals surface area contributed by atoms with Crippen molar-refractivity contribution in [2.75, 3.05) is 38.0 Å². The van der Waals surface area contributed by atoms with Gasteiger partial charge in [-0.05, 0) is 54.7 Å². The normalized spacial score (nSPS) is 17.4. The Kier molecular flexibility index (Phi) is 8.71. The van der Waals surface area contributed by atoms with E-state index in [9.17, 15) is 41.3 Å². The number of hydrogen-bond acceptors (Lipinski definition) is 5. The molecule has 0 radical (unpaired) electrons. The molecule has 0 unspecified atom stereocenters. The third kappa shape index (κ3) is 7.32. The number of halogens is 6. The van der Waals surface area contributed by atoms with E-state index >= 15 is 0 Å². The second-order valence-electron chi connectivity index (χ2n) is 9.89. The number of nitro groups is 1. The second-order valence-corrected chi connectivity index (χ2v) is 9.89. The van der Waals surface area contributed by atoms with Crippen LogP contribution in [0.15, 0.2) is 48.5 Å². The van der Waals surface area contributed by atoms with Crippen LogP contribution in [0, 0.1) is 10.1 Å². The van der Waals surface area contributed by atoms with Crippen molar-refractivity contribution in [2.45, 2.75) is 44.1 Å². The Balaban J connectivity index is 1.24. The number of piperidine rings is 1. The first-order valence-corrected chi connectivity index (χ1v) is 12.8. The summed E-state index contributed by atoms with van der Waals surface area (Å²) in [7, 11) is 0. The van der Waals surface area contributed by atoms with Crippen LogP contribution in [0.3, 0.4) is 0 Å². The van der Waals surface area contributed by atoms with E-state index in [1.165, 1.54) is 12.1 Å². The summed E-state index contributed by atoms with van der Waals surface area (Å²) in [6.07, 6.45) is -5.49. The molecule has 13 heteroatoms. The number of carbonyl (C=O) groups excluding carboxylic acids is 1. The van der Waals surface area contributed by atoms with Gasteiger partial charge >= 0.3 is 12.4 Å². The number of alkyl halides is 6. The van der Waals surface area contributed by atoms with E-state index in [4.69, 9.17) is 0 Å². The molecule has 4 rings (SSSR count). The van der Waals surface area contributed by atoms with Crippen molar-refractivity contribution < 1.29 is 36.1 Å². The fourth-order valence-electron chi connectivity index (χ4n) is 5.00. The molecule has 0 aliphatic carbocycles. The van der Waals surface area contributed by atoms with E-state index in [-0.39, 0.29) is 24.1 Å². The molecule has 0 saturated carbocycles. The summed E-state index contributed by atoms with van der Waals surface area (Å²) < 4.78 is 78.8. The number of nitrogens with one attached hydrogen (secondary N) is 1. The lowest BCUT2D eigenvalue weighted by molar-refractivity contribution is -0.388. The highest BCUT2D eigenvalue weighted by atomic mass is 19.4. The minimum Gasteiger partial charge on any atom is -0.382 e. The van der Waals surface area contributed by atoms with E-state index in [1.807, 2.05) is 6.08 Å². The zero-order valence-electron chi connectivity index (χ0n) is 21.4. The molecule has 40 heavy (non-hydrogen) atoms. The van der Waals surface area contributed by atoms with Gasteiger partial charge in [-0.2, -0.15) is 26.3 Å². The van der Waals surface area contributed by atoms with Gasteiger partial charge in [-0.15, -0.1) is 0 Å². The molecule has 1 fully saturated rings. The summed E-state index contributed by atoms with van der Waals surface area (Å²) in [6, 6.07) is 7.89. The number of hydrogen-bond donors (Lipinski definition) is 1. The molecule has 2 aliphatic heterocycles. The highest BCUT2D eigenvalue weighted by molar-refractivity contribution is 5.76. The Labute approximate surface area is 226 Å². The van der Waals surface area contributed by atoms with Crippen molar-refractivity contribution in [3.63, 3.8) is 0 Å². The highest BCUT2D eigenvalue weighted by Gasteiger charge is 2.38. The van der Waals surface area contributed by atoms with Crippen LogP contribution >= 0.6 is 0 Å². The predicted octanol–water partition coefficient (Wildman–Crippen LogP) is 6.21. The lowest BCUT2D eigenvalue weighted by Gasteiger charge is -2.34. The van der Waals surface area contributed by atoms with Gasteiger partial charge in [-0.1, -0.05) is 18.2 Å². The van der Waals surface area contributed by atoms with Crippen molar-refractivity contribution in [1.82, 2.24) is 9.80 Å². The molecule has 0 aromatic heterocycles. The number of rotatable bonds is 7. The maximum Gasteiger partial charge on any atom is 0.423 e. The maximum atomic E-state index is 13.2. The van der Waals surface area contributed by atoms with Gasteiger partial charge in [-0.3, -0.25) is 19.8 Å². The Morgan fingerprint density at radius 1 is 1.00 bits per heavy atom. The van der Waals surface area contributed by atoms with E-state index in [2.05, 4.69) is 10.2 Å². The van der Waals surface area contributed by atoms with Gasteiger partial charge in [0.1, 0.15) is 5.56 Å². The molecule has 2 heterocycles. The van der Waals surface area contributed by atoms with Crippen LogP contribution in [0.25, 0.3) is 5.57 Å². The minimum atomic E-state index is -4.86. The van der Waals surface area contributed by atoms with E-state index < -0.39 is 34.1 Å². The van der Waals surface area contributed by atoms with Crippen LogP contribution in [0.2, 0.25) is 0 Å². The van der Waals surface area contributed by atoms with Crippen LogP contribution in [-0.4, -0.2) is 59.4 Å². The zero-order chi connectivity index (χ0) is 29.1. The summed E-state index contributed by atoms with van der Waals surface area (Å²) in [4.78, 5) is 26.4. The van der Waals surface area contributed by atoms with Gasteiger partial charge in [0.2, 0.25) is 5.91 Å². The average molecular weight is 571 g/mol. The monoisotopic (exact) mass is 570 g/mol. The van der Waals surface area contributed by atoms with Gasteiger partial charge in [0.25, 0.3) is 5.69 Å². The van der Waals surface area contributed by atoms with Crippen LogP contribution in [0.1, 0.15) is 42.4 Å². The third-order valence-corrected chi connectivity index (χ3v) is 7.21. The van der Waals surface area contributed by atoms with Crippen molar-refractivity contribution in [1.29, 1.82) is 0 Å². The molecular weight excluding hydrogens is 542 g/mol. The van der Waals surface area contributed by atoms with Crippen LogP contribution in [0.4, 0.5) is 37.7 Å². The number of nitro benzene ring substituents is 1. The van der Waals surface area contributed by atoms with E-state index in [1.54, 1.807) is 11.0 Å². The lowest BCUT2D eigenvalue weighted by atomic mass is 9.97. The third-order valence-electron chi connectivity index (χ3n) is 7.21. The SMILES string of the molecule is O=C(CCN1CC=C(c2cccc(C(F)(F)F)c2)CC1)N1CCC(Nc2ccc([N+](=O)[O-])c(C(F)(F)F)c2)CC1. The number of likely N-dealkylation sites (tertiary alicyclic amines) is 1. The van der Waals surface area contributed by atoms with E-state index in [0.717, 1.165) is 29.8 Å². The summed E-state index contributed by atoms with van der Waals surface area (Å²) in [5, 5.41) is 13.9. The number of benzene rings is 2. The number of carbonyl (C=O) groups is 1. The first-order chi connectivity index (χ1) is 18.8. The molecular formula is C27H28F6N4O3. The Hall–Kier alpha value is -3.61. The predicted molar refractivity (Wildman–Crippen MR) is 136 cm³/mol. The Morgan fingerprint density at radius 3 is 2.33 bits per heavy atom. The fourth-order valence-corrected chi connectivity index (χ4v) is 5.00. The van der Waals surface area contributed by atoms with Gasteiger partial charge < -0.3 is 10.2 Å². The summed E-state index contributed by atoms with van der Waals surface area (Å²) in [6.45, 7) is 2.51. The van der Waals surface area contributed by atoms with Crippen molar-refractivity contribution in [3.8, 4) is 0 Å². The largest absolute Gasteiger partial charge is 0.423 e. The standard InChI is InChI=1S/C27H28F6N4O3/c28-26(29,30)20-3-1-2-19(16-20)18-6-11-35(12-7-18)13-10-25(38)36-14-8-21(9-15-36)34-22-4-5-24(37(39)40)23(17-22)27(31,32)33/h1-6,16-17,21,34H,7-15H2. The fraction of sp³-hybridized carbons (Fsp3) is 0.444. The molecule has 1 N–H and O–H groups in total. The van der Waals surface area contributed by atoms with Gasteiger partial charge in [0.15, 0.2) is 0 Å². The molecule has 0 spiro atoms. The minimum absolute atomic E-state index is 0.0409. The first-order valence-electron chi connectivity index (χ1n) is 12.8. The molecule has 1 saturated heterocycles. The molecule has 2 aromatic carbocycles. The first kappa shape index (κ1) is 29.4. The number of amides is 1. The molecule has 2 aromatic rings. The molecule has 0 atom stereocenters. The molecule has 7 nitrogen and oxygen atoms in total. The molecule has 0 bridgehead atoms. The molecule has 216 valence electrons. The van der Waals surface area contributed by atoms with Crippen LogP contribution in [-0.2, 0) is 17.1 Å². The summed E-state index contributed by atoms with van der Waals surface area (Å²) in [5.41, 5.74) is -1.48. The zero-order valence-corrected chi connectivity index (χ0v) is 21.4. The van der Waals surface area contributed by atoms with E-state index in [0.29, 0.717) is 57.5 Å². The Morgan fingerprint density at radius 2 is 1.73 bits per heavy atom. The topological polar surface area (TPSA) is 78.7 Å². The molecule has 2 aliphatic rings. The number of nitrogens with zero attached hydrogens (tertiary/aromatic N) is 3. The van der Waals surface area contributed by atoms with Gasteiger partial charge in [0, 0.05) is 56.9 Å². The number of anilines is 1. The van der Waals surface area contributed by atoms with Crippen molar-refractivity contribution in [2.24, 2.45) is 0 Å². The van der Waals surface area contributed by atoms with Crippen molar-refractivity contribution >= 4 is 22.9 Å². The maximum absolute atomic E-state index is 13.2. The van der Waals surface area contributed by atoms with Gasteiger partial charge in [-0.25, -0.2) is 0 Å². The quantitative estimate of drug-likeness (QED) is 0.243. The van der Waals surface area contributed by atoms with Crippen molar-refractivity contribution in [3.05, 3.63) is 75.3 Å². The lowest BCUT2D eigenvalue weighted by Crippen LogP contribution is -2.43. The van der Waals surface area contributed by atoms with Crippen LogP contribution < -0.4 is 5.32 Å². The van der Waals surface area contributed by atoms with Crippen LogP contribution in [0.5, 0.6) is 0 Å². The Bertz CT molecular complexity index is 1270. The highest BCUT2D eigenvalue weighted by Crippen LogP contribution is 2.38. The second kappa shape index (κ2) is 11.9. The molecule has 1 amide bonds. The summed E-state index contributed by atoms with van der Waals surface area (Å²) in [5.74, 6) is -0.0409. The van der Waals surface area contributed by atoms with Gasteiger partial charge in [0.05, 0.1) is 10.5 Å².